The van der Waals surface area contributed by atoms with Gasteiger partial charge in [-0.05, 0) is 44.8 Å². The number of hydrogen-bond donors (Lipinski definition) is 1. The fourth-order valence-electron chi connectivity index (χ4n) is 1.95. The van der Waals surface area contributed by atoms with Crippen molar-refractivity contribution in [3.05, 3.63) is 35.1 Å². The molecule has 2 heterocycles. The van der Waals surface area contributed by atoms with E-state index in [9.17, 15) is 0 Å². The monoisotopic (exact) mass is 302 g/mol. The topological polar surface area (TPSA) is 55.1 Å². The molecule has 2 rings (SSSR count). The van der Waals surface area contributed by atoms with Crippen LogP contribution in [-0.2, 0) is 9.31 Å². The summed E-state index contributed by atoms with van der Waals surface area (Å²) in [5.41, 5.74) is 1.48. The van der Waals surface area contributed by atoms with Gasteiger partial charge in [-0.3, -0.25) is 0 Å². The van der Waals surface area contributed by atoms with Crippen molar-refractivity contribution in [1.29, 1.82) is 5.26 Å². The Kier molecular flexibility index (Phi) is 4.47. The average molecular weight is 302 g/mol. The smallest absolute Gasteiger partial charge is 0.400 e. The Bertz CT molecular complexity index is 575. The van der Waals surface area contributed by atoms with Gasteiger partial charge in [0.05, 0.1) is 11.2 Å². The summed E-state index contributed by atoms with van der Waals surface area (Å²) in [6, 6.07) is 5.54. The lowest BCUT2D eigenvalue weighted by Crippen LogP contribution is -2.41. The quantitative estimate of drug-likeness (QED) is 0.689. The second kappa shape index (κ2) is 5.84. The van der Waals surface area contributed by atoms with E-state index in [2.05, 4.69) is 17.6 Å². The van der Waals surface area contributed by atoms with Crippen LogP contribution in [0.2, 0.25) is 0 Å². The first-order valence-electron chi connectivity index (χ1n) is 6.82. The summed E-state index contributed by atoms with van der Waals surface area (Å²) in [7, 11) is -0.414. The van der Waals surface area contributed by atoms with Gasteiger partial charge in [-0.2, -0.15) is 17.9 Å². The van der Waals surface area contributed by atoms with Crippen molar-refractivity contribution in [2.75, 3.05) is 5.75 Å². The summed E-state index contributed by atoms with van der Waals surface area (Å²) in [4.78, 5) is 4.06. The lowest BCUT2D eigenvalue weighted by atomic mass is 9.78. The fourth-order valence-corrected chi connectivity index (χ4v) is 2.19. The van der Waals surface area contributed by atoms with E-state index in [1.54, 1.807) is 12.3 Å². The van der Waals surface area contributed by atoms with Crippen molar-refractivity contribution in [2.24, 2.45) is 0 Å². The highest BCUT2D eigenvalue weighted by Gasteiger charge is 2.52. The Morgan fingerprint density at radius 1 is 1.33 bits per heavy atom. The summed E-state index contributed by atoms with van der Waals surface area (Å²) >= 11 is 4.37. The van der Waals surface area contributed by atoms with Crippen molar-refractivity contribution in [2.45, 2.75) is 38.9 Å². The Hall–Kier alpha value is -1.29. The highest BCUT2D eigenvalue weighted by atomic mass is 32.1. The van der Waals surface area contributed by atoms with Crippen LogP contribution < -0.4 is 0 Å². The minimum Gasteiger partial charge on any atom is -0.400 e. The van der Waals surface area contributed by atoms with Crippen LogP contribution in [0.3, 0.4) is 0 Å². The van der Waals surface area contributed by atoms with Gasteiger partial charge in [-0.15, -0.1) is 0 Å². The van der Waals surface area contributed by atoms with Crippen LogP contribution in [0.15, 0.2) is 23.8 Å². The molecule has 1 aliphatic rings. The highest BCUT2D eigenvalue weighted by Crippen LogP contribution is 2.38. The standard InChI is InChI=1S/C15H19BN2O2S/c1-14(2)15(3,4)20-16(19-14)12(10-21)7-11-5-6-13(8-17)18-9-11/h5-7,9,21H,10H2,1-4H3. The molecule has 0 saturated carbocycles. The molecule has 0 aliphatic carbocycles. The largest absolute Gasteiger partial charge is 0.491 e. The molecule has 1 fully saturated rings. The second-order valence-electron chi connectivity index (χ2n) is 6.05. The Morgan fingerprint density at radius 2 is 1.95 bits per heavy atom. The molecule has 21 heavy (non-hydrogen) atoms. The van der Waals surface area contributed by atoms with Gasteiger partial charge in [0.15, 0.2) is 0 Å². The van der Waals surface area contributed by atoms with Crippen molar-refractivity contribution in [1.82, 2.24) is 4.98 Å². The number of nitrogens with zero attached hydrogens (tertiary/aromatic N) is 2. The number of nitriles is 1. The maximum Gasteiger partial charge on any atom is 0.491 e. The van der Waals surface area contributed by atoms with E-state index in [4.69, 9.17) is 14.6 Å². The number of aromatic nitrogens is 1. The van der Waals surface area contributed by atoms with E-state index in [-0.39, 0.29) is 11.2 Å². The number of rotatable bonds is 3. The fraction of sp³-hybridized carbons (Fsp3) is 0.467. The molecular weight excluding hydrogens is 283 g/mol. The zero-order valence-electron chi connectivity index (χ0n) is 12.8. The zero-order valence-corrected chi connectivity index (χ0v) is 13.6. The van der Waals surface area contributed by atoms with Crippen LogP contribution >= 0.6 is 12.6 Å². The predicted octanol–water partition coefficient (Wildman–Crippen LogP) is 2.90. The van der Waals surface area contributed by atoms with Gasteiger partial charge in [0.25, 0.3) is 0 Å². The van der Waals surface area contributed by atoms with Crippen molar-refractivity contribution < 1.29 is 9.31 Å². The molecule has 110 valence electrons. The first-order chi connectivity index (χ1) is 9.79. The van der Waals surface area contributed by atoms with Gasteiger partial charge < -0.3 is 9.31 Å². The maximum atomic E-state index is 8.76. The lowest BCUT2D eigenvalue weighted by molar-refractivity contribution is 0.00578. The Balaban J connectivity index is 2.24. The van der Waals surface area contributed by atoms with Crippen molar-refractivity contribution >= 4 is 25.8 Å². The molecule has 0 spiro atoms. The van der Waals surface area contributed by atoms with Gasteiger partial charge in [-0.1, -0.05) is 12.1 Å². The molecule has 1 aromatic rings. The van der Waals surface area contributed by atoms with Gasteiger partial charge in [0, 0.05) is 11.9 Å². The van der Waals surface area contributed by atoms with E-state index in [0.717, 1.165) is 11.0 Å². The Labute approximate surface area is 131 Å². The van der Waals surface area contributed by atoms with Crippen LogP contribution in [0.5, 0.6) is 0 Å². The van der Waals surface area contributed by atoms with Gasteiger partial charge in [0.1, 0.15) is 11.8 Å². The van der Waals surface area contributed by atoms with E-state index in [1.165, 1.54) is 0 Å². The third-order valence-corrected chi connectivity index (χ3v) is 4.36. The maximum absolute atomic E-state index is 8.76. The molecule has 1 aliphatic heterocycles. The molecule has 4 nitrogen and oxygen atoms in total. The third-order valence-electron chi connectivity index (χ3n) is 3.99. The van der Waals surface area contributed by atoms with Crippen LogP contribution in [-0.4, -0.2) is 29.1 Å². The molecule has 0 radical (unpaired) electrons. The summed E-state index contributed by atoms with van der Waals surface area (Å²) in [6.45, 7) is 8.08. The Morgan fingerprint density at radius 3 is 2.38 bits per heavy atom. The second-order valence-corrected chi connectivity index (χ2v) is 6.37. The predicted molar refractivity (Wildman–Crippen MR) is 86.9 cm³/mol. The molecule has 0 N–H and O–H groups in total. The average Bonchev–Trinajstić information content (AvgIpc) is 2.65. The minimum atomic E-state index is -0.414. The van der Waals surface area contributed by atoms with Gasteiger partial charge in [0.2, 0.25) is 0 Å². The van der Waals surface area contributed by atoms with E-state index < -0.39 is 7.12 Å². The molecule has 0 atom stereocenters. The van der Waals surface area contributed by atoms with Crippen LogP contribution in [0.4, 0.5) is 0 Å². The normalized spacial score (nSPS) is 20.4. The third kappa shape index (κ3) is 3.32. The van der Waals surface area contributed by atoms with Gasteiger partial charge in [-0.25, -0.2) is 4.98 Å². The first-order valence-corrected chi connectivity index (χ1v) is 7.45. The summed E-state index contributed by atoms with van der Waals surface area (Å²) in [5.74, 6) is 0.525. The van der Waals surface area contributed by atoms with E-state index in [1.807, 2.05) is 45.9 Å². The number of hydrogen-bond acceptors (Lipinski definition) is 5. The summed E-state index contributed by atoms with van der Waals surface area (Å²) in [6.07, 6.45) is 3.61. The summed E-state index contributed by atoms with van der Waals surface area (Å²) < 4.78 is 12.0. The molecule has 6 heteroatoms. The molecule has 0 aromatic carbocycles. The van der Waals surface area contributed by atoms with E-state index in [0.29, 0.717) is 11.4 Å². The molecule has 0 amide bonds. The molecular formula is C15H19BN2O2S. The van der Waals surface area contributed by atoms with Crippen LogP contribution in [0, 0.1) is 11.3 Å². The van der Waals surface area contributed by atoms with Crippen molar-refractivity contribution in [3.63, 3.8) is 0 Å². The van der Waals surface area contributed by atoms with Gasteiger partial charge >= 0.3 is 7.12 Å². The van der Waals surface area contributed by atoms with Crippen LogP contribution in [0.1, 0.15) is 39.0 Å². The first kappa shape index (κ1) is 16.1. The number of pyridine rings is 1. The molecule has 1 aromatic heterocycles. The number of thiol groups is 1. The lowest BCUT2D eigenvalue weighted by Gasteiger charge is -2.32. The van der Waals surface area contributed by atoms with Crippen molar-refractivity contribution in [3.8, 4) is 6.07 Å². The summed E-state index contributed by atoms with van der Waals surface area (Å²) in [5, 5.41) is 8.76. The van der Waals surface area contributed by atoms with E-state index >= 15 is 0 Å². The minimum absolute atomic E-state index is 0.372. The molecule has 0 bridgehead atoms. The SMILES string of the molecule is CC1(C)OB(C(=Cc2ccc(C#N)nc2)CS)OC1(C)C. The molecule has 0 unspecified atom stereocenters. The zero-order chi connectivity index (χ0) is 15.7. The highest BCUT2D eigenvalue weighted by molar-refractivity contribution is 7.80. The van der Waals surface area contributed by atoms with Crippen LogP contribution in [0.25, 0.3) is 6.08 Å². The molecule has 1 saturated heterocycles.